The van der Waals surface area contributed by atoms with Gasteiger partial charge in [0, 0.05) is 28.1 Å². The number of hydrogen-bond acceptors (Lipinski definition) is 3. The van der Waals surface area contributed by atoms with E-state index in [4.69, 9.17) is 9.98 Å². The van der Waals surface area contributed by atoms with Crippen LogP contribution in [0, 0.1) is 26.2 Å². The van der Waals surface area contributed by atoms with Crippen LogP contribution in [0.15, 0.2) is 81.9 Å². The van der Waals surface area contributed by atoms with Crippen molar-refractivity contribution in [3.63, 3.8) is 0 Å². The average Bonchev–Trinajstić information content (AvgIpc) is 2.84. The van der Waals surface area contributed by atoms with Crippen LogP contribution < -0.4 is 5.32 Å². The maximum Gasteiger partial charge on any atom is 0.0691 e. The van der Waals surface area contributed by atoms with Crippen LogP contribution in [0.2, 0.25) is 0 Å². The summed E-state index contributed by atoms with van der Waals surface area (Å²) in [4.78, 5) is 10.7. The third-order valence-electron chi connectivity index (χ3n) is 7.29. The van der Waals surface area contributed by atoms with Gasteiger partial charge in [-0.2, -0.15) is 0 Å². The van der Waals surface area contributed by atoms with Crippen molar-refractivity contribution in [3.8, 4) is 0 Å². The van der Waals surface area contributed by atoms with Gasteiger partial charge in [-0.1, -0.05) is 103 Å². The zero-order valence-corrected chi connectivity index (χ0v) is 26.8. The molecule has 0 aliphatic heterocycles. The van der Waals surface area contributed by atoms with Gasteiger partial charge in [0.15, 0.2) is 0 Å². The Balaban J connectivity index is 2.36. The summed E-state index contributed by atoms with van der Waals surface area (Å²) in [5, 5.41) is 3.79. The first-order valence-electron chi connectivity index (χ1n) is 14.6. The van der Waals surface area contributed by atoms with Gasteiger partial charge in [-0.25, -0.2) is 0 Å². The maximum atomic E-state index is 5.45. The average molecular weight is 536 g/mol. The number of nitrogens with zero attached hydrogens (tertiary/aromatic N) is 2. The lowest BCUT2D eigenvalue weighted by Gasteiger charge is -2.27. The van der Waals surface area contributed by atoms with Crippen LogP contribution in [-0.4, -0.2) is 11.4 Å². The molecule has 0 unspecified atom stereocenters. The van der Waals surface area contributed by atoms with E-state index in [0.29, 0.717) is 11.8 Å². The number of aryl methyl sites for hydroxylation is 3. The quantitative estimate of drug-likeness (QED) is 0.286. The molecule has 0 bridgehead atoms. The Hall–Kier alpha value is -3.46. The Morgan fingerprint density at radius 3 is 1.80 bits per heavy atom. The molecule has 0 saturated carbocycles. The second kappa shape index (κ2) is 12.8. The first-order valence-corrected chi connectivity index (χ1v) is 14.6. The molecule has 1 N–H and O–H groups in total. The van der Waals surface area contributed by atoms with Crippen LogP contribution in [0.5, 0.6) is 0 Å². The number of nitrogens with one attached hydrogen (secondary N) is 1. The highest BCUT2D eigenvalue weighted by molar-refractivity contribution is 6.27. The highest BCUT2D eigenvalue weighted by Gasteiger charge is 2.28. The molecule has 212 valence electrons. The van der Waals surface area contributed by atoms with Crippen LogP contribution in [0.3, 0.4) is 0 Å². The molecular formula is C37H49N3. The Bertz CT molecular complexity index is 1420. The summed E-state index contributed by atoms with van der Waals surface area (Å²) in [5.41, 5.74) is 13.2. The summed E-state index contributed by atoms with van der Waals surface area (Å²) < 4.78 is 0. The van der Waals surface area contributed by atoms with Crippen molar-refractivity contribution in [1.29, 1.82) is 0 Å². The summed E-state index contributed by atoms with van der Waals surface area (Å²) in [6, 6.07) is 21.5. The third kappa shape index (κ3) is 7.38. The fourth-order valence-corrected chi connectivity index (χ4v) is 5.37. The number of benzene rings is 3. The fourth-order valence-electron chi connectivity index (χ4n) is 5.37. The van der Waals surface area contributed by atoms with Gasteiger partial charge < -0.3 is 5.32 Å². The van der Waals surface area contributed by atoms with Gasteiger partial charge in [0.2, 0.25) is 0 Å². The summed E-state index contributed by atoms with van der Waals surface area (Å²) in [6.07, 6.45) is 0. The molecule has 0 aliphatic rings. The zero-order valence-electron chi connectivity index (χ0n) is 26.8. The molecule has 0 radical (unpaired) electrons. The van der Waals surface area contributed by atoms with Gasteiger partial charge in [-0.05, 0) is 80.8 Å². The van der Waals surface area contributed by atoms with E-state index in [1.165, 1.54) is 27.8 Å². The van der Waals surface area contributed by atoms with Crippen molar-refractivity contribution in [2.45, 2.75) is 94.9 Å². The van der Waals surface area contributed by atoms with E-state index in [1.807, 2.05) is 0 Å². The molecule has 3 aromatic rings. The second-order valence-corrected chi connectivity index (χ2v) is 12.7. The van der Waals surface area contributed by atoms with E-state index in [2.05, 4.69) is 149 Å². The Morgan fingerprint density at radius 1 is 0.725 bits per heavy atom. The van der Waals surface area contributed by atoms with Crippen LogP contribution in [0.4, 0.5) is 17.1 Å². The second-order valence-electron chi connectivity index (χ2n) is 12.7. The van der Waals surface area contributed by atoms with Crippen LogP contribution in [0.25, 0.3) is 0 Å². The van der Waals surface area contributed by atoms with E-state index >= 15 is 0 Å². The van der Waals surface area contributed by atoms with Crippen molar-refractivity contribution >= 4 is 28.5 Å². The highest BCUT2D eigenvalue weighted by atomic mass is 14.9. The van der Waals surface area contributed by atoms with Gasteiger partial charge in [-0.3, -0.25) is 9.98 Å². The standard InChI is InChI=1S/C37H49N3/c1-23(2)30-17-13-15-19-32(30)38-28(8)34(29(9)39-33-20-16-14-18-31(33)24(3)4)36(37(10,11)12)40-35-26(6)21-25(5)22-27(35)7/h13-24,38H,1-12H3/b34-28+,39-29?,40-36?. The fraction of sp³-hybridized carbons (Fsp3) is 0.405. The molecule has 0 fully saturated rings. The van der Waals surface area contributed by atoms with Crippen molar-refractivity contribution in [3.05, 3.63) is 99.8 Å². The summed E-state index contributed by atoms with van der Waals surface area (Å²) >= 11 is 0. The van der Waals surface area contributed by atoms with E-state index in [1.54, 1.807) is 0 Å². The normalized spacial score (nSPS) is 13.7. The smallest absolute Gasteiger partial charge is 0.0691 e. The number of hydrogen-bond donors (Lipinski definition) is 1. The van der Waals surface area contributed by atoms with Crippen LogP contribution in [-0.2, 0) is 0 Å². The molecule has 0 heterocycles. The highest BCUT2D eigenvalue weighted by Crippen LogP contribution is 2.34. The van der Waals surface area contributed by atoms with Gasteiger partial charge in [0.05, 0.1) is 17.1 Å². The van der Waals surface area contributed by atoms with E-state index < -0.39 is 0 Å². The number of anilines is 1. The van der Waals surface area contributed by atoms with Gasteiger partial charge >= 0.3 is 0 Å². The minimum atomic E-state index is -0.228. The summed E-state index contributed by atoms with van der Waals surface area (Å²) in [6.45, 7) is 26.4. The lowest BCUT2D eigenvalue weighted by Crippen LogP contribution is -2.28. The van der Waals surface area contributed by atoms with Crippen molar-refractivity contribution in [2.75, 3.05) is 5.32 Å². The summed E-state index contributed by atoms with van der Waals surface area (Å²) in [5.74, 6) is 0.784. The minimum Gasteiger partial charge on any atom is -0.358 e. The van der Waals surface area contributed by atoms with Gasteiger partial charge in [0.1, 0.15) is 0 Å². The third-order valence-corrected chi connectivity index (χ3v) is 7.29. The van der Waals surface area contributed by atoms with Gasteiger partial charge in [0.25, 0.3) is 0 Å². The molecule has 0 spiro atoms. The van der Waals surface area contributed by atoms with E-state index in [9.17, 15) is 0 Å². The Kier molecular flexibility index (Phi) is 9.95. The number of allylic oxidation sites excluding steroid dienone is 2. The predicted molar refractivity (Wildman–Crippen MR) is 177 cm³/mol. The SMILES string of the molecule is CC(=Nc1ccccc1C(C)C)/C(C(=Nc1c(C)cc(C)cc1C)C(C)(C)C)=C(/C)Nc1ccccc1C(C)C. The molecule has 40 heavy (non-hydrogen) atoms. The lowest BCUT2D eigenvalue weighted by atomic mass is 9.82. The molecule has 0 aliphatic carbocycles. The molecule has 0 aromatic heterocycles. The maximum absolute atomic E-state index is 5.45. The zero-order chi connectivity index (χ0) is 29.8. The van der Waals surface area contributed by atoms with Crippen LogP contribution >= 0.6 is 0 Å². The molecule has 3 aromatic carbocycles. The minimum absolute atomic E-state index is 0.228. The molecule has 0 atom stereocenters. The number of rotatable bonds is 8. The Labute approximate surface area is 243 Å². The molecule has 3 rings (SSSR count). The van der Waals surface area contributed by atoms with Gasteiger partial charge in [-0.15, -0.1) is 0 Å². The number of aliphatic imine (C=N–C) groups is 2. The molecule has 0 saturated heterocycles. The van der Waals surface area contributed by atoms with Crippen molar-refractivity contribution in [1.82, 2.24) is 0 Å². The predicted octanol–water partition coefficient (Wildman–Crippen LogP) is 11.2. The largest absolute Gasteiger partial charge is 0.358 e. The van der Waals surface area contributed by atoms with E-state index in [-0.39, 0.29) is 5.41 Å². The molecule has 0 amide bonds. The van der Waals surface area contributed by atoms with Crippen LogP contribution in [0.1, 0.15) is 102 Å². The first-order chi connectivity index (χ1) is 18.7. The summed E-state index contributed by atoms with van der Waals surface area (Å²) in [7, 11) is 0. The Morgan fingerprint density at radius 2 is 1.25 bits per heavy atom. The monoisotopic (exact) mass is 535 g/mol. The number of para-hydroxylation sites is 2. The van der Waals surface area contributed by atoms with Crippen molar-refractivity contribution in [2.24, 2.45) is 15.4 Å². The molecule has 3 heteroatoms. The molecular weight excluding hydrogens is 486 g/mol. The molecule has 3 nitrogen and oxygen atoms in total. The first kappa shape index (κ1) is 31.1. The lowest BCUT2D eigenvalue weighted by molar-refractivity contribution is 0.592. The van der Waals surface area contributed by atoms with Crippen molar-refractivity contribution < 1.29 is 0 Å². The van der Waals surface area contributed by atoms with E-state index in [0.717, 1.165) is 39.8 Å². The topological polar surface area (TPSA) is 36.8 Å².